The lowest BCUT2D eigenvalue weighted by Crippen LogP contribution is -2.47. The highest BCUT2D eigenvalue weighted by Gasteiger charge is 2.56. The van der Waals surface area contributed by atoms with Crippen LogP contribution in [-0.2, 0) is 9.59 Å². The van der Waals surface area contributed by atoms with Gasteiger partial charge in [0.2, 0.25) is 5.91 Å². The predicted octanol–water partition coefficient (Wildman–Crippen LogP) is 3.21. The van der Waals surface area contributed by atoms with Crippen LogP contribution in [0.2, 0.25) is 0 Å². The van der Waals surface area contributed by atoms with Gasteiger partial charge in [-0.05, 0) is 104 Å². The molecule has 0 bridgehead atoms. The number of benzene rings is 2. The van der Waals surface area contributed by atoms with Gasteiger partial charge in [-0.1, -0.05) is 0 Å². The van der Waals surface area contributed by atoms with E-state index in [2.05, 4.69) is 51.7 Å². The summed E-state index contributed by atoms with van der Waals surface area (Å²) in [5.41, 5.74) is 2.21. The van der Waals surface area contributed by atoms with Gasteiger partial charge in [0, 0.05) is 80.9 Å². The van der Waals surface area contributed by atoms with Crippen molar-refractivity contribution < 1.29 is 19.1 Å². The van der Waals surface area contributed by atoms with Gasteiger partial charge in [-0.25, -0.2) is 4.68 Å². The summed E-state index contributed by atoms with van der Waals surface area (Å²) in [6, 6.07) is 18.3. The molecule has 3 amide bonds. The molecule has 5 aromatic rings. The lowest BCUT2D eigenvalue weighted by molar-refractivity contribution is -0.136. The van der Waals surface area contributed by atoms with Crippen molar-refractivity contribution in [2.45, 2.75) is 56.7 Å². The Bertz CT molecular complexity index is 2580. The van der Waals surface area contributed by atoms with Crippen LogP contribution in [0.3, 0.4) is 0 Å². The van der Waals surface area contributed by atoms with Crippen molar-refractivity contribution in [3.8, 4) is 11.8 Å². The Morgan fingerprint density at radius 3 is 2.47 bits per heavy atom. The molecule has 6 heterocycles. The highest BCUT2D eigenvalue weighted by atomic mass is 16.5. The minimum atomic E-state index is -0.782. The molecule has 16 nitrogen and oxygen atoms in total. The third-order valence-electron chi connectivity index (χ3n) is 13.2. The molecule has 4 atom stereocenters. The summed E-state index contributed by atoms with van der Waals surface area (Å²) in [7, 11) is 0. The first-order valence-corrected chi connectivity index (χ1v) is 21.0. The zero-order valence-corrected chi connectivity index (χ0v) is 33.1. The molecule has 0 radical (unpaired) electrons. The number of hydrogen-bond donors (Lipinski definition) is 2. The quantitative estimate of drug-likeness (QED) is 0.207. The topological polar surface area (TPSA) is 192 Å². The van der Waals surface area contributed by atoms with Gasteiger partial charge in [-0.2, -0.15) is 10.4 Å². The van der Waals surface area contributed by atoms with Crippen LogP contribution >= 0.6 is 0 Å². The van der Waals surface area contributed by atoms with E-state index in [0.29, 0.717) is 39.9 Å². The zero-order valence-electron chi connectivity index (χ0n) is 33.1. The standard InChI is InChI=1S/C44H45N11O5/c45-21-26-3-12-38(32-2-1-15-46-41(26)32)60-30-7-4-28(5-8-30)48-42(57)36-10-13-39(51-50-36)54-24-34-33(35(34)25-54)23-52-16-18-53(19-17-52)29-6-9-31-27(20-29)22-47-55(44(31)59)37-11-14-40(56)49-43(37)58/h1-3,6,9-10,12-13,15,20,22,28,30,33-35,37H,4-5,7-8,11,14,16-19,23-25H2,(H,48,57)(H,49,56,58)/t28?,30?,33?,34-,35+,37?. The third-order valence-corrected chi connectivity index (χ3v) is 13.2. The summed E-state index contributed by atoms with van der Waals surface area (Å²) < 4.78 is 7.56. The molecule has 5 fully saturated rings. The molecule has 16 heteroatoms. The number of anilines is 2. The minimum absolute atomic E-state index is 0.0208. The van der Waals surface area contributed by atoms with E-state index in [9.17, 15) is 24.4 Å². The van der Waals surface area contributed by atoms with E-state index in [1.165, 1.54) is 4.68 Å². The van der Waals surface area contributed by atoms with Crippen LogP contribution in [0.4, 0.5) is 11.5 Å². The van der Waals surface area contributed by atoms with Crippen LogP contribution in [0.25, 0.3) is 21.7 Å². The second-order valence-corrected chi connectivity index (χ2v) is 16.8. The molecule has 2 N–H and O–H groups in total. The summed E-state index contributed by atoms with van der Waals surface area (Å²) in [6.45, 7) is 6.69. The van der Waals surface area contributed by atoms with Crippen LogP contribution in [0.15, 0.2) is 71.8 Å². The van der Waals surface area contributed by atoms with E-state index in [4.69, 9.17) is 4.74 Å². The van der Waals surface area contributed by atoms with E-state index < -0.39 is 11.9 Å². The Labute approximate surface area is 345 Å². The van der Waals surface area contributed by atoms with Gasteiger partial charge >= 0.3 is 0 Å². The molecule has 3 saturated heterocycles. The number of nitrogens with zero attached hydrogens (tertiary/aromatic N) is 9. The summed E-state index contributed by atoms with van der Waals surface area (Å²) in [4.78, 5) is 61.9. The maximum Gasteiger partial charge on any atom is 0.275 e. The Morgan fingerprint density at radius 2 is 1.72 bits per heavy atom. The first-order chi connectivity index (χ1) is 29.3. The van der Waals surface area contributed by atoms with Crippen LogP contribution in [0.1, 0.15) is 60.6 Å². The molecule has 0 spiro atoms. The number of rotatable bonds is 9. The van der Waals surface area contributed by atoms with Gasteiger partial charge in [0.1, 0.15) is 17.9 Å². The summed E-state index contributed by atoms with van der Waals surface area (Å²) in [5.74, 6) is 2.46. The number of hydrogen-bond acceptors (Lipinski definition) is 13. The van der Waals surface area contributed by atoms with Crippen LogP contribution in [0.5, 0.6) is 5.75 Å². The second kappa shape index (κ2) is 15.6. The maximum absolute atomic E-state index is 13.2. The smallest absolute Gasteiger partial charge is 0.275 e. The minimum Gasteiger partial charge on any atom is -0.490 e. The van der Waals surface area contributed by atoms with E-state index in [-0.39, 0.29) is 42.4 Å². The number of carbonyl (C=O) groups is 3. The van der Waals surface area contributed by atoms with Gasteiger partial charge < -0.3 is 19.9 Å². The molecule has 5 aliphatic rings. The van der Waals surface area contributed by atoms with Crippen molar-refractivity contribution in [2.24, 2.45) is 17.8 Å². The number of aromatic nitrogens is 5. The largest absolute Gasteiger partial charge is 0.490 e. The maximum atomic E-state index is 13.2. The van der Waals surface area contributed by atoms with Crippen molar-refractivity contribution in [1.29, 1.82) is 5.26 Å². The molecule has 3 aromatic heterocycles. The SMILES string of the molecule is N#Cc1ccc(OC2CCC(NC(=O)c3ccc(N4C[C@@H]5C(CN6CCN(c7ccc8c(=O)n(C9CCC(=O)NC9=O)ncc8c7)CC6)[C@@H]5C4)nn3)CC2)c2cccnc12. The Morgan fingerprint density at radius 1 is 0.900 bits per heavy atom. The highest BCUT2D eigenvalue weighted by Crippen LogP contribution is 2.52. The van der Waals surface area contributed by atoms with E-state index >= 15 is 0 Å². The van der Waals surface area contributed by atoms with Gasteiger partial charge in [0.25, 0.3) is 17.4 Å². The van der Waals surface area contributed by atoms with E-state index in [0.717, 1.165) is 99.5 Å². The molecule has 60 heavy (non-hydrogen) atoms. The second-order valence-electron chi connectivity index (χ2n) is 16.8. The molecular formula is C44H45N11O5. The predicted molar refractivity (Wildman–Crippen MR) is 221 cm³/mol. The van der Waals surface area contributed by atoms with E-state index in [1.807, 2.05) is 42.5 Å². The molecule has 306 valence electrons. The highest BCUT2D eigenvalue weighted by molar-refractivity contribution is 5.99. The summed E-state index contributed by atoms with van der Waals surface area (Å²) in [5, 5.41) is 30.1. The Hall–Kier alpha value is -6.47. The van der Waals surface area contributed by atoms with Gasteiger partial charge in [-0.15, -0.1) is 10.2 Å². The van der Waals surface area contributed by atoms with Crippen LogP contribution in [-0.4, -0.2) is 106 Å². The number of ether oxygens (including phenoxy) is 1. The normalized spacial score (nSPS) is 25.4. The number of piperidine rings is 2. The number of imide groups is 1. The van der Waals surface area contributed by atoms with Crippen LogP contribution < -0.4 is 30.7 Å². The number of fused-ring (bicyclic) bond motifs is 3. The van der Waals surface area contributed by atoms with Crippen molar-refractivity contribution >= 4 is 50.9 Å². The molecule has 10 rings (SSSR count). The fraction of sp³-hybridized carbons (Fsp3) is 0.432. The van der Waals surface area contributed by atoms with Crippen molar-refractivity contribution in [2.75, 3.05) is 55.6 Å². The van der Waals surface area contributed by atoms with E-state index in [1.54, 1.807) is 24.5 Å². The molecule has 2 unspecified atom stereocenters. The van der Waals surface area contributed by atoms with Crippen molar-refractivity contribution in [3.63, 3.8) is 0 Å². The molecule has 2 saturated carbocycles. The Kier molecular flexibility index (Phi) is 9.83. The van der Waals surface area contributed by atoms with Gasteiger partial charge in [0.15, 0.2) is 11.5 Å². The number of pyridine rings is 1. The monoisotopic (exact) mass is 807 g/mol. The average Bonchev–Trinajstić information content (AvgIpc) is 3.69. The molecule has 3 aliphatic heterocycles. The fourth-order valence-corrected chi connectivity index (χ4v) is 9.80. The number of nitrogens with one attached hydrogen (secondary N) is 2. The fourth-order valence-electron chi connectivity index (χ4n) is 9.80. The van der Waals surface area contributed by atoms with Crippen LogP contribution in [0, 0.1) is 29.1 Å². The summed E-state index contributed by atoms with van der Waals surface area (Å²) in [6.07, 6.45) is 6.99. The zero-order chi connectivity index (χ0) is 40.9. The first kappa shape index (κ1) is 37.8. The average molecular weight is 808 g/mol. The molecular weight excluding hydrogens is 763 g/mol. The van der Waals surface area contributed by atoms with Gasteiger partial charge in [0.05, 0.1) is 28.8 Å². The summed E-state index contributed by atoms with van der Waals surface area (Å²) >= 11 is 0. The molecule has 2 aromatic carbocycles. The first-order valence-electron chi connectivity index (χ1n) is 21.0. The number of amides is 3. The lowest BCUT2D eigenvalue weighted by Gasteiger charge is -2.36. The van der Waals surface area contributed by atoms with Crippen molar-refractivity contribution in [1.82, 2.24) is 40.5 Å². The third kappa shape index (κ3) is 7.27. The van der Waals surface area contributed by atoms with Gasteiger partial charge in [-0.3, -0.25) is 34.4 Å². The number of carbonyl (C=O) groups excluding carboxylic acids is 3. The lowest BCUT2D eigenvalue weighted by atomic mass is 9.92. The number of piperazine rings is 1. The van der Waals surface area contributed by atoms with Crippen molar-refractivity contribution in [3.05, 3.63) is 88.6 Å². The number of nitriles is 1. The molecule has 2 aliphatic carbocycles. The Balaban J connectivity index is 0.661.